The molecule has 1 aliphatic carbocycles. The SMILES string of the molecule is COc1cccc([C@H]2[C@@H](N3CC4COCC4C3)CCN2C(=O)Cn2nc(C3CC3)cc2C(F)(F)F)c1C. The number of nitrogens with zero attached hydrogens (tertiary/aromatic N) is 4. The van der Waals surface area contributed by atoms with Crippen molar-refractivity contribution in [3.05, 3.63) is 46.8 Å². The summed E-state index contributed by atoms with van der Waals surface area (Å²) in [6.45, 7) is 5.41. The van der Waals surface area contributed by atoms with Crippen molar-refractivity contribution in [3.8, 4) is 5.75 Å². The summed E-state index contributed by atoms with van der Waals surface area (Å²) in [5.41, 5.74) is 1.53. The first-order chi connectivity index (χ1) is 17.7. The Kier molecular flexibility index (Phi) is 6.22. The molecule has 1 aromatic carbocycles. The Morgan fingerprint density at radius 1 is 1.16 bits per heavy atom. The number of benzene rings is 1. The van der Waals surface area contributed by atoms with Crippen LogP contribution in [0.25, 0.3) is 0 Å². The van der Waals surface area contributed by atoms with Crippen molar-refractivity contribution in [2.75, 3.05) is 40.0 Å². The second-order valence-corrected chi connectivity index (χ2v) is 11.0. The highest BCUT2D eigenvalue weighted by molar-refractivity contribution is 5.77. The fourth-order valence-corrected chi connectivity index (χ4v) is 6.56. The van der Waals surface area contributed by atoms with E-state index in [1.807, 2.05) is 25.1 Å². The van der Waals surface area contributed by atoms with E-state index >= 15 is 0 Å². The average molecular weight is 519 g/mol. The monoisotopic (exact) mass is 518 g/mol. The Morgan fingerprint density at radius 2 is 1.89 bits per heavy atom. The molecule has 37 heavy (non-hydrogen) atoms. The lowest BCUT2D eigenvalue weighted by atomic mass is 9.94. The molecule has 1 amide bonds. The Bertz CT molecular complexity index is 1170. The number of likely N-dealkylation sites (tertiary alicyclic amines) is 2. The Labute approximate surface area is 214 Å². The number of hydrogen-bond donors (Lipinski definition) is 0. The minimum atomic E-state index is -4.56. The number of fused-ring (bicyclic) bond motifs is 1. The first kappa shape index (κ1) is 24.7. The molecule has 4 aliphatic rings. The third-order valence-electron chi connectivity index (χ3n) is 8.66. The van der Waals surface area contributed by atoms with Crippen LogP contribution in [0.4, 0.5) is 13.2 Å². The fourth-order valence-electron chi connectivity index (χ4n) is 6.56. The molecule has 0 radical (unpaired) electrons. The maximum Gasteiger partial charge on any atom is 0.433 e. The van der Waals surface area contributed by atoms with Gasteiger partial charge in [0.1, 0.15) is 18.0 Å². The number of halogens is 3. The van der Waals surface area contributed by atoms with E-state index in [4.69, 9.17) is 9.47 Å². The van der Waals surface area contributed by atoms with E-state index in [2.05, 4.69) is 10.00 Å². The van der Waals surface area contributed by atoms with Crippen molar-refractivity contribution >= 4 is 5.91 Å². The van der Waals surface area contributed by atoms with E-state index in [1.165, 1.54) is 0 Å². The summed E-state index contributed by atoms with van der Waals surface area (Å²) in [7, 11) is 1.62. The van der Waals surface area contributed by atoms with Gasteiger partial charge in [-0.1, -0.05) is 12.1 Å². The van der Waals surface area contributed by atoms with Crippen LogP contribution < -0.4 is 4.74 Å². The fraction of sp³-hybridized carbons (Fsp3) is 0.630. The van der Waals surface area contributed by atoms with Gasteiger partial charge >= 0.3 is 6.18 Å². The van der Waals surface area contributed by atoms with Crippen LogP contribution in [-0.2, 0) is 22.3 Å². The lowest BCUT2D eigenvalue weighted by Crippen LogP contribution is -2.42. The molecular formula is C27H33F3N4O3. The predicted molar refractivity (Wildman–Crippen MR) is 129 cm³/mol. The van der Waals surface area contributed by atoms with Crippen LogP contribution in [0.2, 0.25) is 0 Å². The van der Waals surface area contributed by atoms with Crippen LogP contribution >= 0.6 is 0 Å². The second-order valence-electron chi connectivity index (χ2n) is 11.0. The van der Waals surface area contributed by atoms with Gasteiger partial charge < -0.3 is 14.4 Å². The van der Waals surface area contributed by atoms with Gasteiger partial charge in [0.2, 0.25) is 5.91 Å². The number of hydrogen-bond acceptors (Lipinski definition) is 5. The molecule has 6 rings (SSSR count). The van der Waals surface area contributed by atoms with Gasteiger partial charge in [-0.3, -0.25) is 14.4 Å². The zero-order valence-corrected chi connectivity index (χ0v) is 21.2. The van der Waals surface area contributed by atoms with Gasteiger partial charge in [-0.25, -0.2) is 0 Å². The zero-order valence-electron chi connectivity index (χ0n) is 21.2. The number of amides is 1. The van der Waals surface area contributed by atoms with Gasteiger partial charge in [-0.15, -0.1) is 0 Å². The van der Waals surface area contributed by atoms with Crippen molar-refractivity contribution in [3.63, 3.8) is 0 Å². The summed E-state index contributed by atoms with van der Waals surface area (Å²) >= 11 is 0. The van der Waals surface area contributed by atoms with Crippen LogP contribution in [0.15, 0.2) is 24.3 Å². The normalized spacial score (nSPS) is 28.2. The van der Waals surface area contributed by atoms with Crippen LogP contribution in [0, 0.1) is 18.8 Å². The molecule has 1 saturated carbocycles. The molecule has 0 spiro atoms. The third-order valence-corrected chi connectivity index (χ3v) is 8.66. The number of methoxy groups -OCH3 is 1. The standard InChI is InChI=1S/C27H33F3N4O3/c1-16-20(4-3-5-23(16)36-2)26-22(32-11-18-14-37-15-19(18)12-32)8-9-33(26)25(35)13-34-24(27(28,29)30)10-21(31-34)17-6-7-17/h3-5,10,17-19,22,26H,6-9,11-15H2,1-2H3/t18?,19?,22-,26-/m0/s1. The molecule has 200 valence electrons. The van der Waals surface area contributed by atoms with Crippen LogP contribution in [-0.4, -0.2) is 71.5 Å². The highest BCUT2D eigenvalue weighted by atomic mass is 19.4. The van der Waals surface area contributed by atoms with Crippen molar-refractivity contribution in [2.24, 2.45) is 11.8 Å². The smallest absolute Gasteiger partial charge is 0.433 e. The zero-order chi connectivity index (χ0) is 25.9. The van der Waals surface area contributed by atoms with E-state index in [9.17, 15) is 18.0 Å². The first-order valence-electron chi connectivity index (χ1n) is 13.1. The summed E-state index contributed by atoms with van der Waals surface area (Å²) in [6, 6.07) is 6.76. The van der Waals surface area contributed by atoms with Gasteiger partial charge in [0, 0.05) is 43.4 Å². The quantitative estimate of drug-likeness (QED) is 0.578. The maximum absolute atomic E-state index is 13.8. The number of alkyl halides is 3. The van der Waals surface area contributed by atoms with Crippen LogP contribution in [0.3, 0.4) is 0 Å². The number of carbonyl (C=O) groups is 1. The molecule has 4 heterocycles. The molecule has 1 aromatic heterocycles. The lowest BCUT2D eigenvalue weighted by Gasteiger charge is -2.35. The summed E-state index contributed by atoms with van der Waals surface area (Å²) < 4.78 is 53.5. The van der Waals surface area contributed by atoms with Gasteiger partial charge in [-0.2, -0.15) is 18.3 Å². The highest BCUT2D eigenvalue weighted by Crippen LogP contribution is 2.44. The molecular weight excluding hydrogens is 485 g/mol. The average Bonchev–Trinajstić information content (AvgIpc) is 3.18. The number of carbonyl (C=O) groups excluding carboxylic acids is 1. The molecule has 2 aromatic rings. The molecule has 3 saturated heterocycles. The summed E-state index contributed by atoms with van der Waals surface area (Å²) in [5.74, 6) is 1.46. The van der Waals surface area contributed by atoms with E-state index in [0.717, 1.165) is 73.2 Å². The van der Waals surface area contributed by atoms with Crippen molar-refractivity contribution in [1.82, 2.24) is 19.6 Å². The van der Waals surface area contributed by atoms with Gasteiger partial charge in [0.15, 0.2) is 0 Å². The summed E-state index contributed by atoms with van der Waals surface area (Å²) in [5, 5.41) is 4.23. The Morgan fingerprint density at radius 3 is 2.54 bits per heavy atom. The Hall–Kier alpha value is -2.59. The highest BCUT2D eigenvalue weighted by Gasteiger charge is 2.47. The number of ether oxygens (including phenoxy) is 2. The van der Waals surface area contributed by atoms with Crippen LogP contribution in [0.5, 0.6) is 5.75 Å². The minimum absolute atomic E-state index is 0.0689. The second kappa shape index (κ2) is 9.31. The van der Waals surface area contributed by atoms with E-state index < -0.39 is 18.4 Å². The molecule has 4 fully saturated rings. The largest absolute Gasteiger partial charge is 0.496 e. The maximum atomic E-state index is 13.8. The topological polar surface area (TPSA) is 59.8 Å². The van der Waals surface area contributed by atoms with Crippen molar-refractivity contribution in [2.45, 2.75) is 56.9 Å². The summed E-state index contributed by atoms with van der Waals surface area (Å²) in [6.07, 6.45) is -2.11. The summed E-state index contributed by atoms with van der Waals surface area (Å²) in [4.78, 5) is 18.0. The predicted octanol–water partition coefficient (Wildman–Crippen LogP) is 4.02. The van der Waals surface area contributed by atoms with E-state index in [1.54, 1.807) is 12.0 Å². The number of aromatic nitrogens is 2. The number of rotatable bonds is 6. The molecule has 7 nitrogen and oxygen atoms in total. The lowest BCUT2D eigenvalue weighted by molar-refractivity contribution is -0.146. The molecule has 2 unspecified atom stereocenters. The van der Waals surface area contributed by atoms with Crippen LogP contribution in [0.1, 0.15) is 53.7 Å². The minimum Gasteiger partial charge on any atom is -0.496 e. The molecule has 10 heteroatoms. The van der Waals surface area contributed by atoms with Gasteiger partial charge in [0.25, 0.3) is 0 Å². The Balaban J connectivity index is 1.31. The first-order valence-corrected chi connectivity index (χ1v) is 13.1. The van der Waals surface area contributed by atoms with E-state index in [0.29, 0.717) is 24.1 Å². The molecule has 4 atom stereocenters. The molecule has 0 N–H and O–H groups in total. The van der Waals surface area contributed by atoms with Gasteiger partial charge in [0.05, 0.1) is 32.1 Å². The van der Waals surface area contributed by atoms with E-state index in [-0.39, 0.29) is 23.9 Å². The van der Waals surface area contributed by atoms with Crippen molar-refractivity contribution < 1.29 is 27.4 Å². The van der Waals surface area contributed by atoms with Gasteiger partial charge in [-0.05, 0) is 49.4 Å². The molecule has 0 bridgehead atoms. The molecule has 3 aliphatic heterocycles. The van der Waals surface area contributed by atoms with Crippen molar-refractivity contribution in [1.29, 1.82) is 0 Å². The third kappa shape index (κ3) is 4.52.